The number of pyridine rings is 1. The Kier molecular flexibility index (Phi) is 4.31. The zero-order chi connectivity index (χ0) is 17.8. The van der Waals surface area contributed by atoms with Gasteiger partial charge in [0.1, 0.15) is 18.4 Å². The topological polar surface area (TPSA) is 55.5 Å². The van der Waals surface area contributed by atoms with Crippen molar-refractivity contribution in [2.75, 3.05) is 23.1 Å². The maximum Gasteiger partial charge on any atom is 0.113 e. The molecule has 0 spiro atoms. The minimum absolute atomic E-state index is 0.568. The monoisotopic (exact) mass is 339 g/mol. The minimum atomic E-state index is 0.568. The number of nitrogens with zero attached hydrogens (tertiary/aromatic N) is 5. The molecule has 0 radical (unpaired) electrons. The van der Waals surface area contributed by atoms with E-state index in [2.05, 4.69) is 28.1 Å². The first-order valence-electron chi connectivity index (χ1n) is 8.41. The van der Waals surface area contributed by atoms with Gasteiger partial charge in [0.2, 0.25) is 0 Å². The van der Waals surface area contributed by atoms with E-state index in [-0.39, 0.29) is 0 Å². The van der Waals surface area contributed by atoms with Crippen molar-refractivity contribution in [3.63, 3.8) is 0 Å². The van der Waals surface area contributed by atoms with Crippen molar-refractivity contribution in [3.8, 4) is 6.07 Å². The van der Waals surface area contributed by atoms with Gasteiger partial charge in [0.15, 0.2) is 0 Å². The number of hydrogen-bond acceptors (Lipinski definition) is 5. The summed E-state index contributed by atoms with van der Waals surface area (Å²) >= 11 is 0. The number of para-hydroxylation sites is 2. The van der Waals surface area contributed by atoms with Gasteiger partial charge in [-0.2, -0.15) is 10.4 Å². The second-order valence-corrected chi connectivity index (χ2v) is 5.97. The lowest BCUT2D eigenvalue weighted by atomic mass is 10.1. The van der Waals surface area contributed by atoms with Crippen molar-refractivity contribution in [3.05, 3.63) is 90.3 Å². The van der Waals surface area contributed by atoms with Gasteiger partial charge in [-0.05, 0) is 36.4 Å². The molecule has 1 aliphatic rings. The molecular weight excluding hydrogens is 322 g/mol. The number of hydrogen-bond donors (Lipinski definition) is 0. The molecule has 0 N–H and O–H groups in total. The molecule has 0 aliphatic carbocycles. The largest absolute Gasteiger partial charge is 0.346 e. The molecule has 5 heteroatoms. The molecule has 2 aromatic carbocycles. The molecule has 0 amide bonds. The highest BCUT2D eigenvalue weighted by Crippen LogP contribution is 2.25. The van der Waals surface area contributed by atoms with Crippen LogP contribution in [0, 0.1) is 11.3 Å². The second-order valence-electron chi connectivity index (χ2n) is 5.97. The van der Waals surface area contributed by atoms with Crippen LogP contribution in [0.25, 0.3) is 0 Å². The highest BCUT2D eigenvalue weighted by molar-refractivity contribution is 6.03. The average molecular weight is 339 g/mol. The number of aromatic nitrogens is 1. The Morgan fingerprint density at radius 1 is 0.885 bits per heavy atom. The van der Waals surface area contributed by atoms with Crippen molar-refractivity contribution in [2.45, 2.75) is 0 Å². The molecule has 4 rings (SSSR count). The van der Waals surface area contributed by atoms with Crippen LogP contribution in [0.2, 0.25) is 0 Å². The zero-order valence-electron chi connectivity index (χ0n) is 14.2. The molecule has 2 heterocycles. The highest BCUT2D eigenvalue weighted by atomic mass is 15.5. The first-order chi connectivity index (χ1) is 12.8. The molecule has 3 aromatic rings. The standard InChI is InChI=1S/C21H17N5/c22-14-17-8-4-5-12-21(17)26-16-25(18-9-2-1-3-10-18)15-20(24-26)19-11-6-7-13-23-19/h1-13H,15-16H2. The van der Waals surface area contributed by atoms with Gasteiger partial charge in [0, 0.05) is 11.9 Å². The van der Waals surface area contributed by atoms with Gasteiger partial charge >= 0.3 is 0 Å². The smallest absolute Gasteiger partial charge is 0.113 e. The molecule has 0 fully saturated rings. The molecule has 5 nitrogen and oxygen atoms in total. The number of nitriles is 1. The van der Waals surface area contributed by atoms with Crippen LogP contribution in [-0.4, -0.2) is 23.9 Å². The SMILES string of the molecule is N#Cc1ccccc1N1CN(c2ccccc2)CC(c2ccccn2)=N1. The fourth-order valence-corrected chi connectivity index (χ4v) is 3.00. The normalized spacial score (nSPS) is 13.9. The van der Waals surface area contributed by atoms with Crippen molar-refractivity contribution < 1.29 is 0 Å². The Morgan fingerprint density at radius 3 is 2.42 bits per heavy atom. The predicted molar refractivity (Wildman–Crippen MR) is 103 cm³/mol. The number of benzene rings is 2. The van der Waals surface area contributed by atoms with Crippen molar-refractivity contribution >= 4 is 17.1 Å². The Morgan fingerprint density at radius 2 is 1.65 bits per heavy atom. The van der Waals surface area contributed by atoms with Crippen molar-refractivity contribution in [1.29, 1.82) is 5.26 Å². The first-order valence-corrected chi connectivity index (χ1v) is 8.41. The Hall–Kier alpha value is -3.65. The number of rotatable bonds is 3. The van der Waals surface area contributed by atoms with Crippen LogP contribution in [0.4, 0.5) is 11.4 Å². The van der Waals surface area contributed by atoms with Crippen molar-refractivity contribution in [1.82, 2.24) is 4.98 Å². The van der Waals surface area contributed by atoms with Crippen LogP contribution in [0.15, 0.2) is 84.1 Å². The molecule has 0 bridgehead atoms. The fraction of sp³-hybridized carbons (Fsp3) is 0.0952. The van der Waals surface area contributed by atoms with Crippen LogP contribution in [0.1, 0.15) is 11.3 Å². The summed E-state index contributed by atoms with van der Waals surface area (Å²) in [7, 11) is 0. The summed E-state index contributed by atoms with van der Waals surface area (Å²) in [5, 5.41) is 16.1. The Balaban J connectivity index is 1.78. The molecule has 1 aliphatic heterocycles. The van der Waals surface area contributed by atoms with Gasteiger partial charge in [-0.15, -0.1) is 0 Å². The van der Waals surface area contributed by atoms with E-state index in [4.69, 9.17) is 5.10 Å². The molecule has 1 aromatic heterocycles. The summed E-state index contributed by atoms with van der Waals surface area (Å²) < 4.78 is 0. The van der Waals surface area contributed by atoms with Gasteiger partial charge in [-0.1, -0.05) is 36.4 Å². The van der Waals surface area contributed by atoms with E-state index in [1.807, 2.05) is 65.7 Å². The minimum Gasteiger partial charge on any atom is -0.346 e. The van der Waals surface area contributed by atoms with E-state index in [9.17, 15) is 5.26 Å². The lowest BCUT2D eigenvalue weighted by Crippen LogP contribution is -2.45. The first kappa shape index (κ1) is 15.9. The van der Waals surface area contributed by atoms with Gasteiger partial charge < -0.3 is 4.90 Å². The second kappa shape index (κ2) is 7.08. The molecule has 0 saturated heterocycles. The Bertz CT molecular complexity index is 960. The molecule has 26 heavy (non-hydrogen) atoms. The summed E-state index contributed by atoms with van der Waals surface area (Å²) in [6.45, 7) is 1.23. The van der Waals surface area contributed by atoms with Crippen LogP contribution in [-0.2, 0) is 0 Å². The van der Waals surface area contributed by atoms with E-state index < -0.39 is 0 Å². The third-order valence-corrected chi connectivity index (χ3v) is 4.27. The van der Waals surface area contributed by atoms with E-state index in [0.717, 1.165) is 22.8 Å². The van der Waals surface area contributed by atoms with Gasteiger partial charge in [-0.25, -0.2) is 5.01 Å². The molecule has 0 saturated carbocycles. The lowest BCUT2D eigenvalue weighted by Gasteiger charge is -2.35. The number of hydrazone groups is 1. The van der Waals surface area contributed by atoms with Crippen LogP contribution in [0.3, 0.4) is 0 Å². The molecule has 0 atom stereocenters. The van der Waals surface area contributed by atoms with Crippen molar-refractivity contribution in [2.24, 2.45) is 5.10 Å². The molecule has 126 valence electrons. The zero-order valence-corrected chi connectivity index (χ0v) is 14.2. The summed E-state index contributed by atoms with van der Waals surface area (Å²) in [6, 6.07) is 25.8. The number of anilines is 2. The highest BCUT2D eigenvalue weighted by Gasteiger charge is 2.23. The third kappa shape index (κ3) is 3.13. The molecular formula is C21H17N5. The summed E-state index contributed by atoms with van der Waals surface area (Å²) in [5.74, 6) is 0. The van der Waals surface area contributed by atoms with Crippen LogP contribution < -0.4 is 9.91 Å². The fourth-order valence-electron chi connectivity index (χ4n) is 3.00. The van der Waals surface area contributed by atoms with E-state index >= 15 is 0 Å². The Labute approximate surface area is 152 Å². The lowest BCUT2D eigenvalue weighted by molar-refractivity contribution is 0.755. The van der Waals surface area contributed by atoms with Gasteiger partial charge in [0.05, 0.1) is 23.5 Å². The van der Waals surface area contributed by atoms with E-state index in [0.29, 0.717) is 18.8 Å². The van der Waals surface area contributed by atoms with Crippen LogP contribution >= 0.6 is 0 Å². The summed E-state index contributed by atoms with van der Waals surface area (Å²) in [4.78, 5) is 6.68. The maximum absolute atomic E-state index is 9.46. The maximum atomic E-state index is 9.46. The van der Waals surface area contributed by atoms with E-state index in [1.54, 1.807) is 6.20 Å². The average Bonchev–Trinajstić information content (AvgIpc) is 2.74. The summed E-state index contributed by atoms with van der Waals surface area (Å²) in [6.07, 6.45) is 1.77. The summed E-state index contributed by atoms with van der Waals surface area (Å²) in [5.41, 5.74) is 4.21. The third-order valence-electron chi connectivity index (χ3n) is 4.27. The molecule has 0 unspecified atom stereocenters. The van der Waals surface area contributed by atoms with Gasteiger partial charge in [0.25, 0.3) is 0 Å². The quantitative estimate of drug-likeness (QED) is 0.731. The van der Waals surface area contributed by atoms with E-state index in [1.165, 1.54) is 0 Å². The van der Waals surface area contributed by atoms with Gasteiger partial charge in [-0.3, -0.25) is 4.98 Å². The van der Waals surface area contributed by atoms with Crippen LogP contribution in [0.5, 0.6) is 0 Å². The predicted octanol–water partition coefficient (Wildman–Crippen LogP) is 3.64.